The highest BCUT2D eigenvalue weighted by Crippen LogP contribution is 2.34. The molecule has 0 unspecified atom stereocenters. The molecule has 2 aromatic heterocycles. The summed E-state index contributed by atoms with van der Waals surface area (Å²) < 4.78 is 8.75. The molecule has 3 aromatic rings. The van der Waals surface area contributed by atoms with Crippen molar-refractivity contribution >= 4 is 28.3 Å². The van der Waals surface area contributed by atoms with E-state index in [0.29, 0.717) is 18.8 Å². The zero-order chi connectivity index (χ0) is 19.0. The van der Waals surface area contributed by atoms with Crippen LogP contribution in [0.2, 0.25) is 0 Å². The number of fused-ring (bicyclic) bond motifs is 1. The van der Waals surface area contributed by atoms with Crippen molar-refractivity contribution in [3.8, 4) is 0 Å². The van der Waals surface area contributed by atoms with Crippen LogP contribution in [0.3, 0.4) is 0 Å². The minimum atomic E-state index is -0.292. The quantitative estimate of drug-likeness (QED) is 0.750. The average Bonchev–Trinajstić information content (AvgIpc) is 3.41. The number of furan rings is 1. The number of aromatic nitrogens is 2. The van der Waals surface area contributed by atoms with Crippen molar-refractivity contribution in [2.45, 2.75) is 39.8 Å². The van der Waals surface area contributed by atoms with Crippen LogP contribution in [-0.2, 0) is 13.1 Å². The minimum Gasteiger partial charge on any atom is -0.459 e. The predicted octanol–water partition coefficient (Wildman–Crippen LogP) is 3.29. The van der Waals surface area contributed by atoms with E-state index >= 15 is 0 Å². The third-order valence-electron chi connectivity index (χ3n) is 5.21. The van der Waals surface area contributed by atoms with Crippen molar-refractivity contribution in [3.05, 3.63) is 46.8 Å². The molecule has 0 aliphatic carbocycles. The van der Waals surface area contributed by atoms with Gasteiger partial charge in [0.1, 0.15) is 0 Å². The summed E-state index contributed by atoms with van der Waals surface area (Å²) >= 11 is 0. The predicted molar refractivity (Wildman–Crippen MR) is 106 cm³/mol. The first-order valence-corrected chi connectivity index (χ1v) is 9.51. The maximum absolute atomic E-state index is 12.7. The van der Waals surface area contributed by atoms with Crippen LogP contribution in [0, 0.1) is 0 Å². The standard InChI is InChI=1S/C20H24N4O3/c1-3-23-16-12-14(21-19(25)18-8-7-11-27-18)15(22-9-5-6-10-22)13-17(16)24(4-2)20(23)26/h7-8,11-13H,3-6,9-10H2,1-2H3,(H,21,25). The first-order chi connectivity index (χ1) is 13.1. The summed E-state index contributed by atoms with van der Waals surface area (Å²) in [5.41, 5.74) is 3.39. The number of hydrogen-bond acceptors (Lipinski definition) is 4. The number of anilines is 2. The fourth-order valence-electron chi connectivity index (χ4n) is 3.87. The molecule has 0 bridgehead atoms. The Balaban J connectivity index is 1.88. The molecule has 0 radical (unpaired) electrons. The summed E-state index contributed by atoms with van der Waals surface area (Å²) in [6, 6.07) is 7.28. The van der Waals surface area contributed by atoms with E-state index in [1.807, 2.05) is 26.0 Å². The Hall–Kier alpha value is -2.96. The normalized spacial score (nSPS) is 14.2. The van der Waals surface area contributed by atoms with Gasteiger partial charge in [-0.05, 0) is 51.0 Å². The summed E-state index contributed by atoms with van der Waals surface area (Å²) in [6.07, 6.45) is 3.73. The molecule has 3 heterocycles. The summed E-state index contributed by atoms with van der Waals surface area (Å²) in [5.74, 6) is -0.0263. The number of benzene rings is 1. The lowest BCUT2D eigenvalue weighted by Crippen LogP contribution is -2.23. The molecule has 4 rings (SSSR count). The number of imidazole rings is 1. The highest BCUT2D eigenvalue weighted by Gasteiger charge is 2.22. The molecule has 1 N–H and O–H groups in total. The van der Waals surface area contributed by atoms with Crippen LogP contribution in [0.25, 0.3) is 11.0 Å². The third kappa shape index (κ3) is 2.93. The maximum atomic E-state index is 12.7. The lowest BCUT2D eigenvalue weighted by molar-refractivity contribution is 0.0996. The van der Waals surface area contributed by atoms with Gasteiger partial charge >= 0.3 is 5.69 Å². The average molecular weight is 368 g/mol. The molecule has 0 atom stereocenters. The zero-order valence-electron chi connectivity index (χ0n) is 15.7. The van der Waals surface area contributed by atoms with Gasteiger partial charge < -0.3 is 14.6 Å². The van der Waals surface area contributed by atoms with Crippen LogP contribution < -0.4 is 15.9 Å². The van der Waals surface area contributed by atoms with Gasteiger partial charge in [-0.1, -0.05) is 0 Å². The number of hydrogen-bond donors (Lipinski definition) is 1. The van der Waals surface area contributed by atoms with E-state index in [0.717, 1.165) is 42.7 Å². The summed E-state index contributed by atoms with van der Waals surface area (Å²) in [7, 11) is 0. The zero-order valence-corrected chi connectivity index (χ0v) is 15.7. The van der Waals surface area contributed by atoms with Crippen molar-refractivity contribution in [1.29, 1.82) is 0 Å². The van der Waals surface area contributed by atoms with Gasteiger partial charge in [-0.15, -0.1) is 0 Å². The maximum Gasteiger partial charge on any atom is 0.329 e. The molecule has 1 saturated heterocycles. The summed E-state index contributed by atoms with van der Waals surface area (Å²) in [4.78, 5) is 27.5. The molecule has 1 amide bonds. The number of nitrogens with one attached hydrogen (secondary N) is 1. The molecule has 142 valence electrons. The van der Waals surface area contributed by atoms with Gasteiger partial charge in [0, 0.05) is 26.2 Å². The number of rotatable bonds is 5. The molecule has 27 heavy (non-hydrogen) atoms. The van der Waals surface area contributed by atoms with E-state index in [9.17, 15) is 9.59 Å². The number of nitrogens with zero attached hydrogens (tertiary/aromatic N) is 3. The second kappa shape index (κ2) is 6.98. The van der Waals surface area contributed by atoms with Crippen LogP contribution in [0.5, 0.6) is 0 Å². The molecule has 0 spiro atoms. The van der Waals surface area contributed by atoms with Gasteiger partial charge in [-0.25, -0.2) is 4.79 Å². The van der Waals surface area contributed by atoms with E-state index < -0.39 is 0 Å². The smallest absolute Gasteiger partial charge is 0.329 e. The highest BCUT2D eigenvalue weighted by atomic mass is 16.3. The largest absolute Gasteiger partial charge is 0.459 e. The van der Waals surface area contributed by atoms with Gasteiger partial charge in [-0.2, -0.15) is 0 Å². The fraction of sp³-hybridized carbons (Fsp3) is 0.400. The van der Waals surface area contributed by atoms with Crippen molar-refractivity contribution in [3.63, 3.8) is 0 Å². The lowest BCUT2D eigenvalue weighted by atomic mass is 10.2. The van der Waals surface area contributed by atoms with Gasteiger partial charge in [0.15, 0.2) is 5.76 Å². The number of aryl methyl sites for hydroxylation is 2. The van der Waals surface area contributed by atoms with Crippen LogP contribution in [0.15, 0.2) is 39.7 Å². The second-order valence-corrected chi connectivity index (χ2v) is 6.75. The molecule has 0 saturated carbocycles. The number of carbonyl (C=O) groups excluding carboxylic acids is 1. The first-order valence-electron chi connectivity index (χ1n) is 9.51. The Kier molecular flexibility index (Phi) is 4.51. The van der Waals surface area contributed by atoms with E-state index in [4.69, 9.17) is 4.42 Å². The van der Waals surface area contributed by atoms with Gasteiger partial charge in [0.05, 0.1) is 28.7 Å². The van der Waals surface area contributed by atoms with Gasteiger partial charge in [0.2, 0.25) is 0 Å². The Morgan fingerprint density at radius 1 is 1.11 bits per heavy atom. The van der Waals surface area contributed by atoms with E-state index in [1.165, 1.54) is 6.26 Å². The Morgan fingerprint density at radius 3 is 2.37 bits per heavy atom. The van der Waals surface area contributed by atoms with Crippen LogP contribution in [0.1, 0.15) is 37.2 Å². The van der Waals surface area contributed by atoms with Crippen molar-refractivity contribution in [2.24, 2.45) is 0 Å². The topological polar surface area (TPSA) is 72.4 Å². The molecule has 7 heteroatoms. The SMILES string of the molecule is CCn1c(=O)n(CC)c2cc(N3CCCC3)c(NC(=O)c3ccco3)cc21. The Morgan fingerprint density at radius 2 is 1.78 bits per heavy atom. The molecular weight excluding hydrogens is 344 g/mol. The number of amides is 1. The molecule has 1 fully saturated rings. The molecule has 1 aliphatic rings. The monoisotopic (exact) mass is 368 g/mol. The molecule has 1 aliphatic heterocycles. The van der Waals surface area contributed by atoms with Crippen LogP contribution in [-0.4, -0.2) is 28.1 Å². The Bertz CT molecular complexity index is 1020. The molecular formula is C20H24N4O3. The minimum absolute atomic E-state index is 0.0168. The van der Waals surface area contributed by atoms with Crippen molar-refractivity contribution < 1.29 is 9.21 Å². The van der Waals surface area contributed by atoms with E-state index in [-0.39, 0.29) is 17.4 Å². The van der Waals surface area contributed by atoms with E-state index in [1.54, 1.807) is 21.3 Å². The Labute approximate surface area is 157 Å². The number of carbonyl (C=O) groups is 1. The van der Waals surface area contributed by atoms with Gasteiger partial charge in [-0.3, -0.25) is 13.9 Å². The summed E-state index contributed by atoms with van der Waals surface area (Å²) in [6.45, 7) is 7.01. The lowest BCUT2D eigenvalue weighted by Gasteiger charge is -2.22. The van der Waals surface area contributed by atoms with Crippen LogP contribution in [0.4, 0.5) is 11.4 Å². The van der Waals surface area contributed by atoms with Crippen LogP contribution >= 0.6 is 0 Å². The van der Waals surface area contributed by atoms with Gasteiger partial charge in [0.25, 0.3) is 5.91 Å². The van der Waals surface area contributed by atoms with Crippen molar-refractivity contribution in [2.75, 3.05) is 23.3 Å². The van der Waals surface area contributed by atoms with Crippen molar-refractivity contribution in [1.82, 2.24) is 9.13 Å². The fourth-order valence-corrected chi connectivity index (χ4v) is 3.87. The third-order valence-corrected chi connectivity index (χ3v) is 5.21. The van der Waals surface area contributed by atoms with E-state index in [2.05, 4.69) is 10.2 Å². The highest BCUT2D eigenvalue weighted by molar-refractivity contribution is 6.05. The summed E-state index contributed by atoms with van der Waals surface area (Å²) in [5, 5.41) is 2.98. The molecule has 1 aromatic carbocycles. The second-order valence-electron chi connectivity index (χ2n) is 6.75. The molecule has 7 nitrogen and oxygen atoms in total. The first kappa shape index (κ1) is 17.5.